The van der Waals surface area contributed by atoms with Crippen LogP contribution in [0.15, 0.2) is 24.3 Å². The van der Waals surface area contributed by atoms with Crippen molar-refractivity contribution in [3.63, 3.8) is 0 Å². The fourth-order valence-corrected chi connectivity index (χ4v) is 1.62. The average Bonchev–Trinajstić information content (AvgIpc) is 2.34. The van der Waals surface area contributed by atoms with E-state index in [2.05, 4.69) is 17.6 Å². The van der Waals surface area contributed by atoms with E-state index in [0.717, 1.165) is 19.3 Å². The van der Waals surface area contributed by atoms with Crippen molar-refractivity contribution < 1.29 is 9.18 Å². The van der Waals surface area contributed by atoms with Crippen LogP contribution in [0.2, 0.25) is 0 Å². The van der Waals surface area contributed by atoms with Gasteiger partial charge in [-0.3, -0.25) is 0 Å². The number of benzene rings is 1. The number of urea groups is 1. The summed E-state index contributed by atoms with van der Waals surface area (Å²) in [6.45, 7) is 2.48. The molecular formula is C13H20FN3O. The number of carbonyl (C=O) groups is 1. The van der Waals surface area contributed by atoms with E-state index >= 15 is 0 Å². The molecule has 1 unspecified atom stereocenters. The van der Waals surface area contributed by atoms with E-state index in [4.69, 9.17) is 5.73 Å². The number of nitrogens with one attached hydrogen (secondary N) is 2. The first-order chi connectivity index (χ1) is 8.65. The number of hydrogen-bond acceptors (Lipinski definition) is 2. The molecule has 0 saturated heterocycles. The fraction of sp³-hybridized carbons (Fsp3) is 0.462. The van der Waals surface area contributed by atoms with E-state index in [1.165, 1.54) is 12.1 Å². The molecule has 2 amide bonds. The van der Waals surface area contributed by atoms with Crippen LogP contribution in [0.4, 0.5) is 14.9 Å². The third kappa shape index (κ3) is 5.14. The van der Waals surface area contributed by atoms with E-state index in [-0.39, 0.29) is 17.9 Å². The van der Waals surface area contributed by atoms with Gasteiger partial charge in [-0.2, -0.15) is 0 Å². The van der Waals surface area contributed by atoms with Crippen LogP contribution in [0.25, 0.3) is 0 Å². The van der Waals surface area contributed by atoms with Gasteiger partial charge in [0.05, 0.1) is 0 Å². The molecule has 4 N–H and O–H groups in total. The van der Waals surface area contributed by atoms with Crippen LogP contribution in [0.1, 0.15) is 26.2 Å². The van der Waals surface area contributed by atoms with Crippen molar-refractivity contribution in [2.24, 2.45) is 5.73 Å². The molecule has 0 fully saturated rings. The van der Waals surface area contributed by atoms with Crippen LogP contribution in [0, 0.1) is 5.82 Å². The van der Waals surface area contributed by atoms with Gasteiger partial charge in [0.15, 0.2) is 0 Å². The normalized spacial score (nSPS) is 11.9. The first kappa shape index (κ1) is 14.4. The molecule has 0 aliphatic heterocycles. The summed E-state index contributed by atoms with van der Waals surface area (Å²) in [6, 6.07) is 5.37. The Morgan fingerprint density at radius 3 is 2.89 bits per heavy atom. The highest BCUT2D eigenvalue weighted by Crippen LogP contribution is 2.09. The molecule has 18 heavy (non-hydrogen) atoms. The summed E-state index contributed by atoms with van der Waals surface area (Å²) in [6.07, 6.45) is 2.93. The lowest BCUT2D eigenvalue weighted by molar-refractivity contribution is 0.247. The van der Waals surface area contributed by atoms with Gasteiger partial charge < -0.3 is 16.4 Å². The van der Waals surface area contributed by atoms with Crippen LogP contribution >= 0.6 is 0 Å². The number of anilines is 1. The predicted octanol–water partition coefficient (Wildman–Crippen LogP) is 2.46. The van der Waals surface area contributed by atoms with Crippen molar-refractivity contribution in [1.29, 1.82) is 0 Å². The second-order valence-corrected chi connectivity index (χ2v) is 4.18. The van der Waals surface area contributed by atoms with Crippen molar-refractivity contribution in [3.8, 4) is 0 Å². The Labute approximate surface area is 107 Å². The van der Waals surface area contributed by atoms with Gasteiger partial charge >= 0.3 is 6.03 Å². The molecule has 0 saturated carbocycles. The van der Waals surface area contributed by atoms with Crippen molar-refractivity contribution in [2.75, 3.05) is 11.9 Å². The zero-order valence-electron chi connectivity index (χ0n) is 10.6. The van der Waals surface area contributed by atoms with Crippen molar-refractivity contribution >= 4 is 11.7 Å². The Morgan fingerprint density at radius 1 is 1.50 bits per heavy atom. The minimum absolute atomic E-state index is 0.0430. The molecule has 4 nitrogen and oxygen atoms in total. The number of amides is 2. The smallest absolute Gasteiger partial charge is 0.319 e. The second kappa shape index (κ2) is 7.66. The van der Waals surface area contributed by atoms with E-state index in [0.29, 0.717) is 12.2 Å². The summed E-state index contributed by atoms with van der Waals surface area (Å²) in [4.78, 5) is 11.7. The molecule has 0 aromatic heterocycles. The maximum Gasteiger partial charge on any atom is 0.319 e. The lowest BCUT2D eigenvalue weighted by atomic mass is 10.1. The monoisotopic (exact) mass is 253 g/mol. The molecule has 0 spiro atoms. The summed E-state index contributed by atoms with van der Waals surface area (Å²) >= 11 is 0. The quantitative estimate of drug-likeness (QED) is 0.729. The van der Waals surface area contributed by atoms with E-state index in [1.807, 2.05) is 0 Å². The van der Waals surface area contributed by atoms with Crippen molar-refractivity contribution in [2.45, 2.75) is 32.2 Å². The van der Waals surface area contributed by atoms with Crippen molar-refractivity contribution in [3.05, 3.63) is 30.1 Å². The predicted molar refractivity (Wildman–Crippen MR) is 70.9 cm³/mol. The minimum Gasteiger partial charge on any atom is -0.334 e. The van der Waals surface area contributed by atoms with Crippen molar-refractivity contribution in [1.82, 2.24) is 5.32 Å². The standard InChI is InChI=1S/C13H20FN3O/c1-2-3-6-12(9-15)17-13(18)16-11-7-4-5-10(14)8-11/h4-5,7-8,12H,2-3,6,9,15H2,1H3,(H2,16,17,18). The molecule has 1 aromatic rings. The molecule has 0 aliphatic carbocycles. The minimum atomic E-state index is -0.380. The Morgan fingerprint density at radius 2 is 2.28 bits per heavy atom. The van der Waals surface area contributed by atoms with Gasteiger partial charge in [-0.05, 0) is 24.6 Å². The van der Waals surface area contributed by atoms with E-state index in [1.54, 1.807) is 12.1 Å². The highest BCUT2D eigenvalue weighted by Gasteiger charge is 2.10. The molecule has 1 atom stereocenters. The van der Waals surface area contributed by atoms with Gasteiger partial charge in [0, 0.05) is 18.3 Å². The molecule has 5 heteroatoms. The van der Waals surface area contributed by atoms with Crippen LogP contribution in [0.3, 0.4) is 0 Å². The maximum atomic E-state index is 12.9. The highest BCUT2D eigenvalue weighted by atomic mass is 19.1. The number of nitrogens with two attached hydrogens (primary N) is 1. The Balaban J connectivity index is 2.45. The van der Waals surface area contributed by atoms with Crippen LogP contribution in [-0.4, -0.2) is 18.6 Å². The van der Waals surface area contributed by atoms with Gasteiger partial charge in [0.2, 0.25) is 0 Å². The van der Waals surface area contributed by atoms with Gasteiger partial charge in [-0.1, -0.05) is 25.8 Å². The molecule has 0 radical (unpaired) electrons. The molecule has 1 aromatic carbocycles. The largest absolute Gasteiger partial charge is 0.334 e. The third-order valence-electron chi connectivity index (χ3n) is 2.61. The first-order valence-electron chi connectivity index (χ1n) is 6.19. The molecular weight excluding hydrogens is 233 g/mol. The Hall–Kier alpha value is -1.62. The van der Waals surface area contributed by atoms with Gasteiger partial charge in [0.25, 0.3) is 0 Å². The summed E-state index contributed by atoms with van der Waals surface area (Å²) in [5.74, 6) is -0.380. The zero-order valence-corrected chi connectivity index (χ0v) is 10.6. The second-order valence-electron chi connectivity index (χ2n) is 4.18. The van der Waals surface area contributed by atoms with E-state index < -0.39 is 0 Å². The van der Waals surface area contributed by atoms with Crippen LogP contribution < -0.4 is 16.4 Å². The topological polar surface area (TPSA) is 67.1 Å². The number of rotatable bonds is 6. The molecule has 0 bridgehead atoms. The number of carbonyl (C=O) groups excluding carboxylic acids is 1. The van der Waals surface area contributed by atoms with E-state index in [9.17, 15) is 9.18 Å². The summed E-state index contributed by atoms with van der Waals surface area (Å²) in [5.41, 5.74) is 6.01. The molecule has 0 heterocycles. The zero-order chi connectivity index (χ0) is 13.4. The molecule has 1 rings (SSSR count). The number of halogens is 1. The number of hydrogen-bond donors (Lipinski definition) is 3. The maximum absolute atomic E-state index is 12.9. The molecule has 0 aliphatic rings. The van der Waals surface area contributed by atoms with Gasteiger partial charge in [0.1, 0.15) is 5.82 Å². The fourth-order valence-electron chi connectivity index (χ4n) is 1.62. The lowest BCUT2D eigenvalue weighted by Crippen LogP contribution is -2.42. The Bertz CT molecular complexity index is 384. The molecule has 100 valence electrons. The lowest BCUT2D eigenvalue weighted by Gasteiger charge is -2.16. The Kier molecular flexibility index (Phi) is 6.14. The summed E-state index contributed by atoms with van der Waals surface area (Å²) in [5, 5.41) is 5.35. The average molecular weight is 253 g/mol. The number of unbranched alkanes of at least 4 members (excludes halogenated alkanes) is 1. The summed E-state index contributed by atoms with van der Waals surface area (Å²) < 4.78 is 12.9. The van der Waals surface area contributed by atoms with Crippen LogP contribution in [0.5, 0.6) is 0 Å². The SMILES string of the molecule is CCCCC(CN)NC(=O)Nc1cccc(F)c1. The highest BCUT2D eigenvalue weighted by molar-refractivity contribution is 5.89. The third-order valence-corrected chi connectivity index (χ3v) is 2.61. The summed E-state index contributed by atoms with van der Waals surface area (Å²) in [7, 11) is 0. The van der Waals surface area contributed by atoms with Crippen LogP contribution in [-0.2, 0) is 0 Å². The van der Waals surface area contributed by atoms with Gasteiger partial charge in [-0.25, -0.2) is 9.18 Å². The first-order valence-corrected chi connectivity index (χ1v) is 6.19. The van der Waals surface area contributed by atoms with Gasteiger partial charge in [-0.15, -0.1) is 0 Å².